The lowest BCUT2D eigenvalue weighted by Gasteiger charge is -2.09. The number of phenolic OH excluding ortho intramolecular Hbond substituents is 1. The van der Waals surface area contributed by atoms with Crippen LogP contribution in [0.2, 0.25) is 0 Å². The average molecular weight is 407 g/mol. The van der Waals surface area contributed by atoms with Crippen molar-refractivity contribution >= 4 is 22.7 Å². The number of Topliss-reactive ketones (excluding diaryl/α,β-unsaturated/α-hetero) is 1. The van der Waals surface area contributed by atoms with Gasteiger partial charge in [-0.05, 0) is 42.8 Å². The molecule has 0 aliphatic heterocycles. The summed E-state index contributed by atoms with van der Waals surface area (Å²) in [6.45, 7) is -1.62. The Labute approximate surface area is 162 Å². The standard InChI is InChI=1S/C20H16F3NO5/c1-10-13(7-19(27)28)14-6-17(25)15(21)8-16(14)24(10)9-18(26)11-2-4-12(5-3-11)29-20(22)23/h2-6,8,20,25H,7,9H2,1H3,(H,27,28). The van der Waals surface area contributed by atoms with Gasteiger partial charge in [-0.2, -0.15) is 8.78 Å². The lowest BCUT2D eigenvalue weighted by molar-refractivity contribution is -0.136. The van der Waals surface area contributed by atoms with Gasteiger partial charge in [-0.3, -0.25) is 9.59 Å². The molecule has 0 bridgehead atoms. The topological polar surface area (TPSA) is 88.8 Å². The minimum Gasteiger partial charge on any atom is -0.505 e. The third kappa shape index (κ3) is 4.18. The molecule has 2 aromatic carbocycles. The van der Waals surface area contributed by atoms with E-state index in [1.807, 2.05) is 0 Å². The molecule has 0 fully saturated rings. The van der Waals surface area contributed by atoms with Crippen LogP contribution in [0.15, 0.2) is 36.4 Å². The predicted molar refractivity (Wildman–Crippen MR) is 97.0 cm³/mol. The van der Waals surface area contributed by atoms with Crippen LogP contribution in [0.3, 0.4) is 0 Å². The molecule has 3 rings (SSSR count). The summed E-state index contributed by atoms with van der Waals surface area (Å²) < 4.78 is 44.1. The molecule has 0 saturated heterocycles. The molecule has 6 nitrogen and oxygen atoms in total. The van der Waals surface area contributed by atoms with Gasteiger partial charge in [0.1, 0.15) is 5.75 Å². The summed E-state index contributed by atoms with van der Waals surface area (Å²) in [4.78, 5) is 23.9. The summed E-state index contributed by atoms with van der Waals surface area (Å²) in [5.41, 5.74) is 1.28. The first-order chi connectivity index (χ1) is 13.7. The van der Waals surface area contributed by atoms with Crippen molar-refractivity contribution in [2.75, 3.05) is 0 Å². The first-order valence-corrected chi connectivity index (χ1v) is 8.47. The molecule has 0 radical (unpaired) electrons. The first kappa shape index (κ1) is 20.2. The van der Waals surface area contributed by atoms with Gasteiger partial charge in [0.15, 0.2) is 17.3 Å². The van der Waals surface area contributed by atoms with Crippen molar-refractivity contribution < 1.29 is 37.7 Å². The Hall–Kier alpha value is -3.49. The number of rotatable bonds is 7. The zero-order valence-electron chi connectivity index (χ0n) is 15.2. The summed E-state index contributed by atoms with van der Waals surface area (Å²) in [6.07, 6.45) is -0.367. The fraction of sp³-hybridized carbons (Fsp3) is 0.200. The zero-order chi connectivity index (χ0) is 21.3. The number of fused-ring (bicyclic) bond motifs is 1. The fourth-order valence-corrected chi connectivity index (χ4v) is 3.19. The summed E-state index contributed by atoms with van der Waals surface area (Å²) in [6, 6.07) is 7.28. The van der Waals surface area contributed by atoms with Gasteiger partial charge in [0.2, 0.25) is 0 Å². The van der Waals surface area contributed by atoms with E-state index in [4.69, 9.17) is 5.11 Å². The van der Waals surface area contributed by atoms with Gasteiger partial charge in [-0.25, -0.2) is 4.39 Å². The zero-order valence-corrected chi connectivity index (χ0v) is 15.2. The molecule has 1 aromatic heterocycles. The van der Waals surface area contributed by atoms with Crippen molar-refractivity contribution in [3.8, 4) is 11.5 Å². The highest BCUT2D eigenvalue weighted by atomic mass is 19.3. The Morgan fingerprint density at radius 3 is 2.41 bits per heavy atom. The van der Waals surface area contributed by atoms with Crippen LogP contribution < -0.4 is 4.74 Å². The molecule has 29 heavy (non-hydrogen) atoms. The number of hydrogen-bond acceptors (Lipinski definition) is 4. The minimum absolute atomic E-state index is 0.0968. The lowest BCUT2D eigenvalue weighted by Crippen LogP contribution is -2.12. The van der Waals surface area contributed by atoms with Crippen molar-refractivity contribution in [2.24, 2.45) is 0 Å². The van der Waals surface area contributed by atoms with Gasteiger partial charge in [0, 0.05) is 22.7 Å². The second-order valence-corrected chi connectivity index (χ2v) is 6.37. The monoisotopic (exact) mass is 407 g/mol. The van der Waals surface area contributed by atoms with E-state index >= 15 is 0 Å². The third-order valence-corrected chi connectivity index (χ3v) is 4.55. The Kier molecular flexibility index (Phi) is 5.49. The molecule has 0 aliphatic carbocycles. The number of benzene rings is 2. The van der Waals surface area contributed by atoms with Crippen LogP contribution >= 0.6 is 0 Å². The Bertz CT molecular complexity index is 1090. The van der Waals surface area contributed by atoms with Crippen LogP contribution in [0.25, 0.3) is 10.9 Å². The van der Waals surface area contributed by atoms with Crippen LogP contribution in [0.1, 0.15) is 21.6 Å². The molecule has 0 saturated carbocycles. The normalized spacial score (nSPS) is 11.2. The van der Waals surface area contributed by atoms with Gasteiger partial charge >= 0.3 is 12.6 Å². The highest BCUT2D eigenvalue weighted by molar-refractivity contribution is 5.98. The van der Waals surface area contributed by atoms with E-state index in [9.17, 15) is 27.9 Å². The van der Waals surface area contributed by atoms with E-state index < -0.39 is 29.9 Å². The summed E-state index contributed by atoms with van der Waals surface area (Å²) in [5.74, 6) is -3.14. The van der Waals surface area contributed by atoms with Crippen molar-refractivity contribution in [1.82, 2.24) is 4.57 Å². The molecule has 0 amide bonds. The van der Waals surface area contributed by atoms with Crippen LogP contribution in [-0.2, 0) is 17.8 Å². The highest BCUT2D eigenvalue weighted by Crippen LogP contribution is 2.31. The number of carbonyl (C=O) groups is 2. The minimum atomic E-state index is -2.98. The number of phenols is 1. The SMILES string of the molecule is Cc1c(CC(=O)O)c2cc(O)c(F)cc2n1CC(=O)c1ccc(OC(F)F)cc1. The smallest absolute Gasteiger partial charge is 0.387 e. The maximum absolute atomic E-state index is 13.9. The lowest BCUT2D eigenvalue weighted by atomic mass is 10.1. The number of ether oxygens (including phenoxy) is 1. The quantitative estimate of drug-likeness (QED) is 0.580. The summed E-state index contributed by atoms with van der Waals surface area (Å²) in [5, 5.41) is 19.1. The largest absolute Gasteiger partial charge is 0.505 e. The molecular formula is C20H16F3NO5. The van der Waals surface area contributed by atoms with E-state index in [1.165, 1.54) is 28.8 Å². The van der Waals surface area contributed by atoms with Gasteiger partial charge < -0.3 is 19.5 Å². The Balaban J connectivity index is 1.98. The molecule has 9 heteroatoms. The van der Waals surface area contributed by atoms with Gasteiger partial charge in [0.05, 0.1) is 18.5 Å². The number of aromatic nitrogens is 1. The molecule has 152 valence electrons. The van der Waals surface area contributed by atoms with E-state index in [2.05, 4.69) is 4.74 Å². The van der Waals surface area contributed by atoms with Crippen molar-refractivity contribution in [3.05, 3.63) is 59.0 Å². The van der Waals surface area contributed by atoms with Gasteiger partial charge in [0.25, 0.3) is 0 Å². The number of carboxylic acid groups (broad SMARTS) is 1. The molecule has 0 atom stereocenters. The summed E-state index contributed by atoms with van der Waals surface area (Å²) in [7, 11) is 0. The van der Waals surface area contributed by atoms with Gasteiger partial charge in [-0.15, -0.1) is 0 Å². The molecule has 3 aromatic rings. The molecule has 2 N–H and O–H groups in total. The molecule has 1 heterocycles. The second-order valence-electron chi connectivity index (χ2n) is 6.37. The van der Waals surface area contributed by atoms with Crippen molar-refractivity contribution in [2.45, 2.75) is 26.5 Å². The van der Waals surface area contributed by atoms with E-state index in [-0.39, 0.29) is 29.8 Å². The number of alkyl halides is 2. The van der Waals surface area contributed by atoms with Crippen molar-refractivity contribution in [3.63, 3.8) is 0 Å². The van der Waals surface area contributed by atoms with Crippen LogP contribution in [0.5, 0.6) is 11.5 Å². The molecule has 0 unspecified atom stereocenters. The average Bonchev–Trinajstić information content (AvgIpc) is 2.87. The number of ketones is 1. The second kappa shape index (κ2) is 7.86. The number of carbonyl (C=O) groups excluding carboxylic acids is 1. The van der Waals surface area contributed by atoms with E-state index in [0.717, 1.165) is 12.1 Å². The first-order valence-electron chi connectivity index (χ1n) is 8.47. The third-order valence-electron chi connectivity index (χ3n) is 4.55. The van der Waals surface area contributed by atoms with Crippen LogP contribution in [-0.4, -0.2) is 33.1 Å². The number of aromatic hydroxyl groups is 1. The predicted octanol–water partition coefficient (Wildman–Crippen LogP) is 3.91. The van der Waals surface area contributed by atoms with Crippen molar-refractivity contribution in [1.29, 1.82) is 0 Å². The molecular weight excluding hydrogens is 391 g/mol. The number of aliphatic carboxylic acids is 1. The number of carboxylic acids is 1. The highest BCUT2D eigenvalue weighted by Gasteiger charge is 2.20. The van der Waals surface area contributed by atoms with E-state index in [1.54, 1.807) is 6.92 Å². The Morgan fingerprint density at radius 2 is 1.83 bits per heavy atom. The number of halogens is 3. The van der Waals surface area contributed by atoms with Crippen LogP contribution in [0.4, 0.5) is 13.2 Å². The molecule has 0 aliphatic rings. The number of nitrogens with zero attached hydrogens (tertiary/aromatic N) is 1. The maximum atomic E-state index is 13.9. The van der Waals surface area contributed by atoms with Gasteiger partial charge in [-0.1, -0.05) is 0 Å². The molecule has 0 spiro atoms. The maximum Gasteiger partial charge on any atom is 0.387 e. The fourth-order valence-electron chi connectivity index (χ4n) is 3.19. The Morgan fingerprint density at radius 1 is 1.17 bits per heavy atom. The number of hydrogen-bond donors (Lipinski definition) is 2. The van der Waals surface area contributed by atoms with Crippen LogP contribution in [0, 0.1) is 12.7 Å². The summed E-state index contributed by atoms with van der Waals surface area (Å²) >= 11 is 0. The van der Waals surface area contributed by atoms with E-state index in [0.29, 0.717) is 16.6 Å².